The van der Waals surface area contributed by atoms with E-state index >= 15 is 0 Å². The van der Waals surface area contributed by atoms with Crippen molar-refractivity contribution in [1.29, 1.82) is 0 Å². The van der Waals surface area contributed by atoms with Crippen molar-refractivity contribution in [2.45, 2.75) is 56.2 Å². The Bertz CT molecular complexity index is 1050. The highest BCUT2D eigenvalue weighted by Crippen LogP contribution is 2.54. The van der Waals surface area contributed by atoms with E-state index in [0.29, 0.717) is 21.2 Å². The molecule has 0 spiro atoms. The zero-order chi connectivity index (χ0) is 21.8. The van der Waals surface area contributed by atoms with E-state index in [9.17, 15) is 13.2 Å². The van der Waals surface area contributed by atoms with Crippen molar-refractivity contribution in [3.63, 3.8) is 0 Å². The summed E-state index contributed by atoms with van der Waals surface area (Å²) in [6, 6.07) is 12.9. The summed E-state index contributed by atoms with van der Waals surface area (Å²) in [4.78, 5) is 15.1. The van der Waals surface area contributed by atoms with Gasteiger partial charge in [0, 0.05) is 16.1 Å². The van der Waals surface area contributed by atoms with Crippen molar-refractivity contribution in [3.8, 4) is 0 Å². The first-order chi connectivity index (χ1) is 13.4. The zero-order valence-electron chi connectivity index (χ0n) is 17.1. The summed E-state index contributed by atoms with van der Waals surface area (Å²) in [7, 11) is -3.98. The van der Waals surface area contributed by atoms with E-state index < -0.39 is 31.3 Å². The fraction of sp³-hybridized carbons (Fsp3) is 0.409. The van der Waals surface area contributed by atoms with Crippen LogP contribution >= 0.6 is 23.2 Å². The van der Waals surface area contributed by atoms with E-state index in [-0.39, 0.29) is 6.04 Å². The molecule has 29 heavy (non-hydrogen) atoms. The lowest BCUT2D eigenvalue weighted by atomic mass is 9.84. The molecule has 0 N–H and O–H groups in total. The average Bonchev–Trinajstić information content (AvgIpc) is 2.64. The molecule has 2 atom stereocenters. The van der Waals surface area contributed by atoms with Gasteiger partial charge in [-0.3, -0.25) is 4.79 Å². The molecule has 2 aromatic rings. The van der Waals surface area contributed by atoms with Crippen LogP contribution in [0.4, 0.5) is 0 Å². The molecule has 1 amide bonds. The first-order valence-corrected chi connectivity index (χ1v) is 11.7. The van der Waals surface area contributed by atoms with Crippen molar-refractivity contribution < 1.29 is 13.2 Å². The molecule has 7 heteroatoms. The van der Waals surface area contributed by atoms with E-state index in [1.165, 1.54) is 13.8 Å². The van der Waals surface area contributed by atoms with Crippen molar-refractivity contribution in [3.05, 3.63) is 69.7 Å². The number of halogens is 2. The van der Waals surface area contributed by atoms with E-state index in [0.717, 1.165) is 0 Å². The van der Waals surface area contributed by atoms with E-state index in [2.05, 4.69) is 0 Å². The highest BCUT2D eigenvalue weighted by Gasteiger charge is 2.65. The Labute approximate surface area is 182 Å². The van der Waals surface area contributed by atoms with Crippen LogP contribution in [-0.4, -0.2) is 30.0 Å². The summed E-state index contributed by atoms with van der Waals surface area (Å²) in [6.45, 7) is 8.46. The van der Waals surface area contributed by atoms with Gasteiger partial charge >= 0.3 is 0 Å². The number of hydrogen-bond acceptors (Lipinski definition) is 3. The normalized spacial score (nSPS) is 26.0. The minimum Gasteiger partial charge on any atom is -0.330 e. The number of sulfone groups is 1. The van der Waals surface area contributed by atoms with Crippen LogP contribution in [0.25, 0.3) is 0 Å². The van der Waals surface area contributed by atoms with Crippen LogP contribution in [0.2, 0.25) is 10.0 Å². The van der Waals surface area contributed by atoms with Gasteiger partial charge in [0.25, 0.3) is 0 Å². The highest BCUT2D eigenvalue weighted by molar-refractivity contribution is 7.94. The number of benzene rings is 2. The number of carbonyl (C=O) groups excluding carboxylic acids is 1. The van der Waals surface area contributed by atoms with Crippen molar-refractivity contribution in [2.75, 3.05) is 0 Å². The van der Waals surface area contributed by atoms with Gasteiger partial charge in [0.05, 0.1) is 6.04 Å². The SMILES string of the molecule is CC(C)N1C(=O)C(C)(C)S(=O)(=O)[C@@](C)(c2cccc(Cl)c2)[C@@H]1c1ccc(Cl)cc1. The van der Waals surface area contributed by atoms with Gasteiger partial charge in [0.1, 0.15) is 9.49 Å². The fourth-order valence-electron chi connectivity index (χ4n) is 4.25. The second-order valence-corrected chi connectivity index (χ2v) is 12.1. The van der Waals surface area contributed by atoms with Gasteiger partial charge in [-0.1, -0.05) is 47.5 Å². The standard InChI is InChI=1S/C22H25Cl2NO3S/c1-14(2)25-19(15-9-11-17(23)12-10-15)22(5,16-7-6-8-18(24)13-16)29(27,28)21(3,4)20(25)26/h6-14,19H,1-5H3/t19-,22-/m0/s1. The van der Waals surface area contributed by atoms with E-state index in [4.69, 9.17) is 23.2 Å². The molecule has 0 radical (unpaired) electrons. The fourth-order valence-corrected chi connectivity index (χ4v) is 6.94. The molecular weight excluding hydrogens is 429 g/mol. The lowest BCUT2D eigenvalue weighted by Crippen LogP contribution is -2.67. The monoisotopic (exact) mass is 453 g/mol. The maximum absolute atomic E-state index is 14.0. The molecule has 3 rings (SSSR count). The first kappa shape index (κ1) is 22.1. The zero-order valence-corrected chi connectivity index (χ0v) is 19.4. The van der Waals surface area contributed by atoms with Crippen LogP contribution in [0.15, 0.2) is 48.5 Å². The average molecular weight is 454 g/mol. The molecule has 0 saturated carbocycles. The van der Waals surface area contributed by atoms with E-state index in [1.54, 1.807) is 60.4 Å². The molecule has 1 heterocycles. The van der Waals surface area contributed by atoms with Crippen LogP contribution in [0, 0.1) is 0 Å². The summed E-state index contributed by atoms with van der Waals surface area (Å²) in [5.41, 5.74) is 1.26. The largest absolute Gasteiger partial charge is 0.330 e. The predicted molar refractivity (Wildman–Crippen MR) is 118 cm³/mol. The van der Waals surface area contributed by atoms with Gasteiger partial charge < -0.3 is 4.90 Å². The molecule has 0 aromatic heterocycles. The molecule has 1 saturated heterocycles. The Balaban J connectivity index is 2.43. The molecule has 0 unspecified atom stereocenters. The predicted octanol–water partition coefficient (Wildman–Crippen LogP) is 5.39. The Kier molecular flexibility index (Phi) is 5.57. The van der Waals surface area contributed by atoms with Gasteiger partial charge in [-0.2, -0.15) is 0 Å². The van der Waals surface area contributed by atoms with Crippen LogP contribution < -0.4 is 0 Å². The second kappa shape index (κ2) is 7.29. The number of hydrogen-bond donors (Lipinski definition) is 0. The van der Waals surface area contributed by atoms with Gasteiger partial charge in [-0.25, -0.2) is 8.42 Å². The summed E-state index contributed by atoms with van der Waals surface area (Å²) in [5.74, 6) is -0.410. The van der Waals surface area contributed by atoms with Gasteiger partial charge in [-0.15, -0.1) is 0 Å². The first-order valence-electron chi connectivity index (χ1n) is 9.44. The number of nitrogens with zero attached hydrogens (tertiary/aromatic N) is 1. The Morgan fingerprint density at radius 2 is 1.55 bits per heavy atom. The third-order valence-corrected chi connectivity index (χ3v) is 9.50. The topological polar surface area (TPSA) is 54.5 Å². The third kappa shape index (κ3) is 3.18. The molecule has 156 valence electrons. The second-order valence-electron chi connectivity index (χ2n) is 8.39. The van der Waals surface area contributed by atoms with Crippen LogP contribution in [0.3, 0.4) is 0 Å². The summed E-state index contributed by atoms with van der Waals surface area (Å²) < 4.78 is 25.0. The number of carbonyl (C=O) groups is 1. The van der Waals surface area contributed by atoms with E-state index in [1.807, 2.05) is 13.8 Å². The summed E-state index contributed by atoms with van der Waals surface area (Å²) in [5, 5.41) is 0.985. The maximum Gasteiger partial charge on any atom is 0.244 e. The Morgan fingerprint density at radius 1 is 0.966 bits per heavy atom. The molecule has 4 nitrogen and oxygen atoms in total. The summed E-state index contributed by atoms with van der Waals surface area (Å²) in [6.07, 6.45) is 0. The molecule has 1 aliphatic heterocycles. The molecule has 0 bridgehead atoms. The quantitative estimate of drug-likeness (QED) is 0.625. The van der Waals surface area contributed by atoms with Crippen molar-refractivity contribution in [1.82, 2.24) is 4.90 Å². The Hall–Kier alpha value is -1.56. The molecule has 2 aromatic carbocycles. The minimum absolute atomic E-state index is 0.212. The maximum atomic E-state index is 14.0. The van der Waals surface area contributed by atoms with Gasteiger partial charge in [0.15, 0.2) is 9.84 Å². The Morgan fingerprint density at radius 3 is 2.07 bits per heavy atom. The lowest BCUT2D eigenvalue weighted by Gasteiger charge is -2.54. The molecular formula is C22H25Cl2NO3S. The van der Waals surface area contributed by atoms with Gasteiger partial charge in [-0.05, 0) is 70.0 Å². The smallest absolute Gasteiger partial charge is 0.244 e. The molecule has 0 aliphatic carbocycles. The van der Waals surface area contributed by atoms with Crippen LogP contribution in [0.5, 0.6) is 0 Å². The number of amides is 1. The summed E-state index contributed by atoms with van der Waals surface area (Å²) >= 11 is 12.3. The third-order valence-electron chi connectivity index (χ3n) is 5.92. The molecule has 1 fully saturated rings. The molecule has 1 aliphatic rings. The van der Waals surface area contributed by atoms with Crippen LogP contribution in [-0.2, 0) is 19.4 Å². The van der Waals surface area contributed by atoms with Crippen LogP contribution in [0.1, 0.15) is 51.8 Å². The lowest BCUT2D eigenvalue weighted by molar-refractivity contribution is -0.140. The van der Waals surface area contributed by atoms with Gasteiger partial charge in [0.2, 0.25) is 5.91 Å². The van der Waals surface area contributed by atoms with Crippen molar-refractivity contribution >= 4 is 38.9 Å². The minimum atomic E-state index is -3.98. The highest BCUT2D eigenvalue weighted by atomic mass is 35.5. The van der Waals surface area contributed by atoms with Crippen molar-refractivity contribution in [2.24, 2.45) is 0 Å². The number of rotatable bonds is 3.